The van der Waals surface area contributed by atoms with Gasteiger partial charge in [0.2, 0.25) is 5.91 Å². The van der Waals surface area contributed by atoms with Crippen LogP contribution in [0.1, 0.15) is 12.0 Å². The first kappa shape index (κ1) is 12.0. The predicted molar refractivity (Wildman–Crippen MR) is 65.6 cm³/mol. The average Bonchev–Trinajstić information content (AvgIpc) is 2.54. The van der Waals surface area contributed by atoms with Crippen molar-refractivity contribution in [3.05, 3.63) is 29.6 Å². The highest BCUT2D eigenvalue weighted by Gasteiger charge is 2.26. The van der Waals surface area contributed by atoms with Gasteiger partial charge in [-0.15, -0.1) is 0 Å². The smallest absolute Gasteiger partial charge is 0.231 e. The van der Waals surface area contributed by atoms with Crippen LogP contribution in [0.15, 0.2) is 18.2 Å². The minimum Gasteiger partial charge on any atom is -0.312 e. The molecule has 1 amide bonds. The summed E-state index contributed by atoms with van der Waals surface area (Å²) in [5.41, 5.74) is 1.68. The standard InChI is InChI=1S/C13H17FN2O/c1-15(2)6-3-7-16-12-5-4-11(14)8-10(12)9-13(16)17/h4-5,8H,3,6-7,9H2,1-2H3. The number of halogens is 1. The normalized spacial score (nSPS) is 14.6. The average molecular weight is 236 g/mol. The molecule has 0 saturated carbocycles. The molecule has 0 unspecified atom stereocenters. The lowest BCUT2D eigenvalue weighted by Crippen LogP contribution is -2.29. The fourth-order valence-corrected chi connectivity index (χ4v) is 2.14. The van der Waals surface area contributed by atoms with Gasteiger partial charge >= 0.3 is 0 Å². The van der Waals surface area contributed by atoms with Gasteiger partial charge in [0.1, 0.15) is 5.82 Å². The van der Waals surface area contributed by atoms with Crippen molar-refractivity contribution in [2.45, 2.75) is 12.8 Å². The Bertz CT molecular complexity index is 431. The highest BCUT2D eigenvalue weighted by molar-refractivity contribution is 6.01. The number of hydrogen-bond donors (Lipinski definition) is 0. The fourth-order valence-electron chi connectivity index (χ4n) is 2.14. The predicted octanol–water partition coefficient (Wildman–Crippen LogP) is 1.67. The zero-order valence-electron chi connectivity index (χ0n) is 10.2. The second kappa shape index (κ2) is 4.84. The Balaban J connectivity index is 2.07. The number of anilines is 1. The fraction of sp³-hybridized carbons (Fsp3) is 0.462. The van der Waals surface area contributed by atoms with Gasteiger partial charge in [0, 0.05) is 12.2 Å². The number of fused-ring (bicyclic) bond motifs is 1. The number of hydrogen-bond acceptors (Lipinski definition) is 2. The molecular weight excluding hydrogens is 219 g/mol. The summed E-state index contributed by atoms with van der Waals surface area (Å²) < 4.78 is 13.0. The maximum atomic E-state index is 13.0. The van der Waals surface area contributed by atoms with Crippen molar-refractivity contribution < 1.29 is 9.18 Å². The van der Waals surface area contributed by atoms with E-state index in [0.29, 0.717) is 13.0 Å². The summed E-state index contributed by atoms with van der Waals surface area (Å²) in [6.45, 7) is 1.65. The molecule has 0 N–H and O–H groups in total. The monoisotopic (exact) mass is 236 g/mol. The van der Waals surface area contributed by atoms with Gasteiger partial charge in [0.05, 0.1) is 6.42 Å². The quantitative estimate of drug-likeness (QED) is 0.794. The molecule has 0 aromatic heterocycles. The summed E-state index contributed by atoms with van der Waals surface area (Å²) in [6, 6.07) is 4.57. The van der Waals surface area contributed by atoms with E-state index >= 15 is 0 Å². The molecule has 1 aliphatic heterocycles. The lowest BCUT2D eigenvalue weighted by molar-refractivity contribution is -0.117. The first-order chi connectivity index (χ1) is 8.08. The molecule has 1 heterocycles. The highest BCUT2D eigenvalue weighted by atomic mass is 19.1. The van der Waals surface area contributed by atoms with E-state index < -0.39 is 0 Å². The van der Waals surface area contributed by atoms with Crippen LogP contribution in [0.5, 0.6) is 0 Å². The van der Waals surface area contributed by atoms with Crippen molar-refractivity contribution in [2.75, 3.05) is 32.1 Å². The number of carbonyl (C=O) groups excluding carboxylic acids is 1. The summed E-state index contributed by atoms with van der Waals surface area (Å²) in [5, 5.41) is 0. The number of benzene rings is 1. The SMILES string of the molecule is CN(C)CCCN1C(=O)Cc2cc(F)ccc21. The van der Waals surface area contributed by atoms with Crippen LogP contribution < -0.4 is 4.90 Å². The van der Waals surface area contributed by atoms with Gasteiger partial charge in [0.25, 0.3) is 0 Å². The Hall–Kier alpha value is -1.42. The van der Waals surface area contributed by atoms with Gasteiger partial charge in [0.15, 0.2) is 0 Å². The van der Waals surface area contributed by atoms with Gasteiger partial charge in [-0.3, -0.25) is 4.79 Å². The molecule has 1 aliphatic rings. The zero-order chi connectivity index (χ0) is 12.4. The lowest BCUT2D eigenvalue weighted by atomic mass is 10.1. The van der Waals surface area contributed by atoms with Crippen LogP contribution in [0, 0.1) is 5.82 Å². The van der Waals surface area contributed by atoms with Crippen molar-refractivity contribution >= 4 is 11.6 Å². The second-order valence-electron chi connectivity index (χ2n) is 4.65. The molecule has 1 aromatic carbocycles. The molecule has 0 fully saturated rings. The summed E-state index contributed by atoms with van der Waals surface area (Å²) >= 11 is 0. The van der Waals surface area contributed by atoms with Crippen LogP contribution in [0.25, 0.3) is 0 Å². The van der Waals surface area contributed by atoms with Crippen molar-refractivity contribution in [1.82, 2.24) is 4.90 Å². The van der Waals surface area contributed by atoms with Gasteiger partial charge < -0.3 is 9.80 Å². The summed E-state index contributed by atoms with van der Waals surface area (Å²) in [7, 11) is 4.02. The highest BCUT2D eigenvalue weighted by Crippen LogP contribution is 2.29. The molecule has 0 atom stereocenters. The van der Waals surface area contributed by atoms with Crippen LogP contribution in [0.4, 0.5) is 10.1 Å². The van der Waals surface area contributed by atoms with E-state index in [1.54, 1.807) is 11.0 Å². The van der Waals surface area contributed by atoms with E-state index in [9.17, 15) is 9.18 Å². The Kier molecular flexibility index (Phi) is 3.43. The summed E-state index contributed by atoms with van der Waals surface area (Å²) in [4.78, 5) is 15.7. The Morgan fingerprint density at radius 3 is 2.88 bits per heavy atom. The van der Waals surface area contributed by atoms with E-state index in [2.05, 4.69) is 4.90 Å². The van der Waals surface area contributed by atoms with E-state index in [1.807, 2.05) is 14.1 Å². The van der Waals surface area contributed by atoms with Gasteiger partial charge in [-0.25, -0.2) is 4.39 Å². The maximum Gasteiger partial charge on any atom is 0.231 e. The molecule has 0 radical (unpaired) electrons. The Morgan fingerprint density at radius 2 is 2.18 bits per heavy atom. The Labute approximate surface area is 101 Å². The third kappa shape index (κ3) is 2.64. The second-order valence-corrected chi connectivity index (χ2v) is 4.65. The number of amides is 1. The molecule has 0 saturated heterocycles. The number of nitrogens with zero attached hydrogens (tertiary/aromatic N) is 2. The molecule has 4 heteroatoms. The minimum atomic E-state index is -0.272. The molecule has 1 aromatic rings. The van der Waals surface area contributed by atoms with Crippen molar-refractivity contribution in [1.29, 1.82) is 0 Å². The minimum absolute atomic E-state index is 0.0735. The molecule has 0 aliphatic carbocycles. The summed E-state index contributed by atoms with van der Waals surface area (Å²) in [6.07, 6.45) is 1.25. The summed E-state index contributed by atoms with van der Waals surface area (Å²) in [5.74, 6) is -0.198. The van der Waals surface area contributed by atoms with Crippen molar-refractivity contribution in [3.63, 3.8) is 0 Å². The van der Waals surface area contributed by atoms with Gasteiger partial charge in [-0.1, -0.05) is 0 Å². The molecule has 0 spiro atoms. The first-order valence-electron chi connectivity index (χ1n) is 5.81. The maximum absolute atomic E-state index is 13.0. The number of rotatable bonds is 4. The van der Waals surface area contributed by atoms with Crippen LogP contribution >= 0.6 is 0 Å². The van der Waals surface area contributed by atoms with Crippen LogP contribution in [-0.4, -0.2) is 38.0 Å². The van der Waals surface area contributed by atoms with E-state index in [4.69, 9.17) is 0 Å². The van der Waals surface area contributed by atoms with E-state index in [-0.39, 0.29) is 11.7 Å². The van der Waals surface area contributed by atoms with Crippen molar-refractivity contribution in [3.8, 4) is 0 Å². The van der Waals surface area contributed by atoms with Crippen molar-refractivity contribution in [2.24, 2.45) is 0 Å². The first-order valence-corrected chi connectivity index (χ1v) is 5.81. The van der Waals surface area contributed by atoms with Gasteiger partial charge in [-0.2, -0.15) is 0 Å². The zero-order valence-corrected chi connectivity index (χ0v) is 10.2. The van der Waals surface area contributed by atoms with Gasteiger partial charge in [-0.05, 0) is 50.8 Å². The Morgan fingerprint density at radius 1 is 1.41 bits per heavy atom. The largest absolute Gasteiger partial charge is 0.312 e. The third-order valence-corrected chi connectivity index (χ3v) is 2.96. The lowest BCUT2D eigenvalue weighted by Gasteiger charge is -2.18. The molecule has 3 nitrogen and oxygen atoms in total. The molecule has 17 heavy (non-hydrogen) atoms. The van der Waals surface area contributed by atoms with E-state index in [1.165, 1.54) is 12.1 Å². The molecule has 2 rings (SSSR count). The van der Waals surface area contributed by atoms with Crippen LogP contribution in [-0.2, 0) is 11.2 Å². The van der Waals surface area contributed by atoms with Crippen LogP contribution in [0.2, 0.25) is 0 Å². The molecular formula is C13H17FN2O. The molecule has 92 valence electrons. The van der Waals surface area contributed by atoms with Crippen LogP contribution in [0.3, 0.4) is 0 Å². The van der Waals surface area contributed by atoms with E-state index in [0.717, 1.165) is 24.2 Å². The third-order valence-electron chi connectivity index (χ3n) is 2.96. The topological polar surface area (TPSA) is 23.6 Å². The number of carbonyl (C=O) groups is 1. The molecule has 0 bridgehead atoms.